The van der Waals surface area contributed by atoms with Crippen molar-refractivity contribution in [1.29, 1.82) is 0 Å². The Morgan fingerprint density at radius 2 is 2.04 bits per heavy atom. The highest BCUT2D eigenvalue weighted by Gasteiger charge is 2.60. The third-order valence-corrected chi connectivity index (χ3v) is 6.48. The van der Waals surface area contributed by atoms with Crippen LogP contribution in [-0.4, -0.2) is 44.8 Å². The van der Waals surface area contributed by atoms with Crippen LogP contribution in [0.3, 0.4) is 0 Å². The molecule has 0 aromatic carbocycles. The maximum Gasteiger partial charge on any atom is 0.274 e. The summed E-state index contributed by atoms with van der Waals surface area (Å²) in [5, 5.41) is 4.30. The Kier molecular flexibility index (Phi) is 3.13. The third kappa shape index (κ3) is 2.57. The first-order valence-corrected chi connectivity index (χ1v) is 9.51. The highest BCUT2D eigenvalue weighted by Crippen LogP contribution is 2.54. The van der Waals surface area contributed by atoms with Crippen molar-refractivity contribution in [2.24, 2.45) is 28.8 Å². The highest BCUT2D eigenvalue weighted by atomic mass is 16.7. The van der Waals surface area contributed by atoms with Crippen molar-refractivity contribution in [1.82, 2.24) is 14.5 Å². The van der Waals surface area contributed by atoms with Gasteiger partial charge in [-0.05, 0) is 51.4 Å². The van der Waals surface area contributed by atoms with E-state index in [2.05, 4.69) is 35.5 Å². The van der Waals surface area contributed by atoms with E-state index in [9.17, 15) is 4.79 Å². The number of imidazole rings is 1. The van der Waals surface area contributed by atoms with Gasteiger partial charge in [0.25, 0.3) is 5.91 Å². The summed E-state index contributed by atoms with van der Waals surface area (Å²) in [6.07, 6.45) is 7.27. The first-order chi connectivity index (χ1) is 11.9. The molecule has 1 amide bonds. The Hall–Kier alpha value is -1.85. The van der Waals surface area contributed by atoms with Gasteiger partial charge in [0.15, 0.2) is 0 Å². The van der Waals surface area contributed by atoms with E-state index in [1.807, 2.05) is 17.4 Å². The molecule has 5 rings (SSSR count). The van der Waals surface area contributed by atoms with Crippen molar-refractivity contribution in [2.45, 2.75) is 51.7 Å². The molecule has 3 atom stereocenters. The van der Waals surface area contributed by atoms with Gasteiger partial charge >= 0.3 is 0 Å². The van der Waals surface area contributed by atoms with Gasteiger partial charge in [0, 0.05) is 37.7 Å². The van der Waals surface area contributed by atoms with E-state index in [0.29, 0.717) is 29.5 Å². The van der Waals surface area contributed by atoms with Crippen LogP contribution in [0.2, 0.25) is 0 Å². The molecule has 1 saturated heterocycles. The summed E-state index contributed by atoms with van der Waals surface area (Å²) in [7, 11) is 0. The van der Waals surface area contributed by atoms with Gasteiger partial charge in [-0.1, -0.05) is 5.16 Å². The minimum Gasteiger partial charge on any atom is -0.389 e. The number of hydrogen-bond donors (Lipinski definition) is 0. The Morgan fingerprint density at radius 1 is 1.32 bits per heavy atom. The van der Waals surface area contributed by atoms with Crippen LogP contribution in [0.5, 0.6) is 0 Å². The number of piperidine rings is 1. The molecule has 0 N–H and O–H groups in total. The molecule has 6 heteroatoms. The number of hydrogen-bond acceptors (Lipinski definition) is 4. The van der Waals surface area contributed by atoms with Crippen molar-refractivity contribution in [3.8, 4) is 0 Å². The van der Waals surface area contributed by atoms with E-state index in [1.165, 1.54) is 18.6 Å². The number of aromatic nitrogens is 2. The fourth-order valence-corrected chi connectivity index (χ4v) is 4.70. The number of oxime groups is 1. The number of rotatable bonds is 4. The fraction of sp³-hybridized carbons (Fsp3) is 0.737. The summed E-state index contributed by atoms with van der Waals surface area (Å²) < 4.78 is 2.11. The lowest BCUT2D eigenvalue weighted by Crippen LogP contribution is -2.33. The topological polar surface area (TPSA) is 59.7 Å². The molecular formula is C19H26N4O2. The normalized spacial score (nSPS) is 33.6. The summed E-state index contributed by atoms with van der Waals surface area (Å²) >= 11 is 0. The maximum atomic E-state index is 12.8. The Morgan fingerprint density at radius 3 is 2.64 bits per heavy atom. The Balaban J connectivity index is 1.20. The minimum absolute atomic E-state index is 0.0811. The zero-order valence-corrected chi connectivity index (χ0v) is 15.2. The SMILES string of the molecule is C[C@H](C1CC1)n1cnc(C(=O)N2CC3C(C2)C3C2=NOC(C)(C)C2)c1. The van der Waals surface area contributed by atoms with Crippen LogP contribution in [-0.2, 0) is 4.84 Å². The lowest BCUT2D eigenvalue weighted by atomic mass is 9.98. The fourth-order valence-electron chi connectivity index (χ4n) is 4.70. The number of nitrogens with zero attached hydrogens (tertiary/aromatic N) is 4. The van der Waals surface area contributed by atoms with Crippen molar-refractivity contribution in [2.75, 3.05) is 13.1 Å². The molecule has 2 unspecified atom stereocenters. The van der Waals surface area contributed by atoms with Crippen molar-refractivity contribution >= 4 is 11.6 Å². The van der Waals surface area contributed by atoms with Gasteiger partial charge in [0.05, 0.1) is 12.0 Å². The minimum atomic E-state index is -0.160. The molecule has 0 radical (unpaired) electrons. The molecule has 4 aliphatic rings. The molecule has 25 heavy (non-hydrogen) atoms. The van der Waals surface area contributed by atoms with E-state index >= 15 is 0 Å². The lowest BCUT2D eigenvalue weighted by molar-refractivity contribution is 0.0123. The molecule has 1 aromatic rings. The molecule has 3 heterocycles. The zero-order chi connectivity index (χ0) is 17.3. The average Bonchev–Trinajstić information content (AvgIpc) is 3.36. The first-order valence-electron chi connectivity index (χ1n) is 9.51. The summed E-state index contributed by atoms with van der Waals surface area (Å²) in [5.41, 5.74) is 1.63. The lowest BCUT2D eigenvalue weighted by Gasteiger charge is -2.19. The largest absolute Gasteiger partial charge is 0.389 e. The molecule has 1 aromatic heterocycles. The van der Waals surface area contributed by atoms with E-state index in [0.717, 1.165) is 25.4 Å². The van der Waals surface area contributed by atoms with Gasteiger partial charge in [0.2, 0.25) is 0 Å². The number of likely N-dealkylation sites (tertiary alicyclic amines) is 1. The average molecular weight is 342 g/mol. The van der Waals surface area contributed by atoms with Gasteiger partial charge < -0.3 is 14.3 Å². The van der Waals surface area contributed by atoms with Crippen LogP contribution in [0.25, 0.3) is 0 Å². The van der Waals surface area contributed by atoms with Crippen LogP contribution in [0.15, 0.2) is 17.7 Å². The Bertz CT molecular complexity index is 736. The predicted octanol–water partition coefficient (Wildman–Crippen LogP) is 2.73. The summed E-state index contributed by atoms with van der Waals surface area (Å²) in [5.74, 6) is 2.49. The van der Waals surface area contributed by atoms with Crippen LogP contribution in [0.1, 0.15) is 56.6 Å². The van der Waals surface area contributed by atoms with Gasteiger partial charge in [-0.3, -0.25) is 4.79 Å². The van der Waals surface area contributed by atoms with E-state index in [1.54, 1.807) is 0 Å². The first kappa shape index (κ1) is 15.4. The number of carbonyl (C=O) groups is 1. The maximum absolute atomic E-state index is 12.8. The molecule has 6 nitrogen and oxygen atoms in total. The van der Waals surface area contributed by atoms with Crippen molar-refractivity contribution in [3.63, 3.8) is 0 Å². The van der Waals surface area contributed by atoms with E-state index in [-0.39, 0.29) is 11.5 Å². The molecule has 0 bridgehead atoms. The number of amides is 1. The van der Waals surface area contributed by atoms with Crippen LogP contribution >= 0.6 is 0 Å². The predicted molar refractivity (Wildman–Crippen MR) is 93.3 cm³/mol. The summed E-state index contributed by atoms with van der Waals surface area (Å²) in [6, 6.07) is 0.453. The second-order valence-corrected chi connectivity index (χ2v) is 8.96. The second-order valence-electron chi connectivity index (χ2n) is 8.96. The van der Waals surface area contributed by atoms with Crippen LogP contribution in [0, 0.1) is 23.7 Å². The van der Waals surface area contributed by atoms with Crippen LogP contribution in [0.4, 0.5) is 0 Å². The van der Waals surface area contributed by atoms with Gasteiger partial charge in [0.1, 0.15) is 11.3 Å². The standard InChI is InChI=1S/C19H26N4O2/c1-11(12-4-5-12)23-9-16(20-10-23)18(24)22-7-13-14(8-22)17(13)15-6-19(2,3)25-21-15/h9-14,17H,4-8H2,1-3H3/t11-,13?,14?,17?/m1/s1. The molecule has 134 valence electrons. The van der Waals surface area contributed by atoms with E-state index in [4.69, 9.17) is 4.84 Å². The molecular weight excluding hydrogens is 316 g/mol. The number of fused-ring (bicyclic) bond motifs is 1. The number of carbonyl (C=O) groups excluding carboxylic acids is 1. The molecule has 2 aliphatic carbocycles. The molecule has 3 fully saturated rings. The van der Waals surface area contributed by atoms with Crippen molar-refractivity contribution < 1.29 is 9.63 Å². The van der Waals surface area contributed by atoms with Gasteiger partial charge in [-0.25, -0.2) is 4.98 Å². The second kappa shape index (κ2) is 5.08. The van der Waals surface area contributed by atoms with Crippen molar-refractivity contribution in [3.05, 3.63) is 18.2 Å². The summed E-state index contributed by atoms with van der Waals surface area (Å²) in [6.45, 7) is 8.04. The monoisotopic (exact) mass is 342 g/mol. The van der Waals surface area contributed by atoms with E-state index < -0.39 is 0 Å². The van der Waals surface area contributed by atoms with Gasteiger partial charge in [-0.15, -0.1) is 0 Å². The molecule has 2 aliphatic heterocycles. The van der Waals surface area contributed by atoms with Crippen LogP contribution < -0.4 is 0 Å². The zero-order valence-electron chi connectivity index (χ0n) is 15.2. The molecule has 0 spiro atoms. The van der Waals surface area contributed by atoms with Gasteiger partial charge in [-0.2, -0.15) is 0 Å². The third-order valence-electron chi connectivity index (χ3n) is 6.48. The Labute approximate surface area is 148 Å². The smallest absolute Gasteiger partial charge is 0.274 e. The summed E-state index contributed by atoms with van der Waals surface area (Å²) in [4.78, 5) is 24.6. The quantitative estimate of drug-likeness (QED) is 0.845. The molecule has 2 saturated carbocycles. The highest BCUT2D eigenvalue weighted by molar-refractivity contribution is 5.94.